The molecular weight excluding hydrogens is 408 g/mol. The van der Waals surface area contributed by atoms with Gasteiger partial charge in [0.15, 0.2) is 16.7 Å². The number of likely N-dealkylation sites (N-methyl/N-ethyl adjacent to an activating group) is 1. The van der Waals surface area contributed by atoms with Crippen molar-refractivity contribution in [2.75, 3.05) is 20.3 Å². The first kappa shape index (κ1) is 22.9. The number of hydrogen-bond donors (Lipinski definition) is 0. The first-order valence-electron chi connectivity index (χ1n) is 10.7. The Kier molecular flexibility index (Phi) is 7.80. The van der Waals surface area contributed by atoms with Gasteiger partial charge in [-0.05, 0) is 54.8 Å². The van der Waals surface area contributed by atoms with Gasteiger partial charge in [-0.1, -0.05) is 51.1 Å². The van der Waals surface area contributed by atoms with Crippen molar-refractivity contribution in [1.82, 2.24) is 4.90 Å². The van der Waals surface area contributed by atoms with Crippen LogP contribution in [0.2, 0.25) is 0 Å². The molecule has 2 aromatic rings. The number of methoxy groups -OCH3 is 1. The number of amidine groups is 1. The van der Waals surface area contributed by atoms with Crippen LogP contribution in [0.4, 0.5) is 5.69 Å². The van der Waals surface area contributed by atoms with Crippen LogP contribution in [0.1, 0.15) is 38.8 Å². The number of amides is 1. The van der Waals surface area contributed by atoms with Gasteiger partial charge < -0.3 is 9.47 Å². The van der Waals surface area contributed by atoms with Gasteiger partial charge in [0.25, 0.3) is 5.91 Å². The number of carbonyl (C=O) groups is 1. The van der Waals surface area contributed by atoms with Crippen molar-refractivity contribution in [1.29, 1.82) is 0 Å². The lowest BCUT2D eigenvalue weighted by atomic mass is 10.1. The highest BCUT2D eigenvalue weighted by atomic mass is 32.2. The summed E-state index contributed by atoms with van der Waals surface area (Å²) in [4.78, 5) is 20.3. The Labute approximate surface area is 189 Å². The van der Waals surface area contributed by atoms with Crippen LogP contribution in [0, 0.1) is 5.92 Å². The number of benzene rings is 2. The predicted molar refractivity (Wildman–Crippen MR) is 129 cm³/mol. The molecule has 1 aliphatic rings. The van der Waals surface area contributed by atoms with E-state index in [-0.39, 0.29) is 5.91 Å². The Morgan fingerprint density at radius 2 is 1.90 bits per heavy atom. The van der Waals surface area contributed by atoms with E-state index in [0.717, 1.165) is 23.2 Å². The van der Waals surface area contributed by atoms with Crippen LogP contribution in [0.25, 0.3) is 6.08 Å². The lowest BCUT2D eigenvalue weighted by Crippen LogP contribution is -2.28. The zero-order chi connectivity index (χ0) is 22.4. The number of aryl methyl sites for hydroxylation is 1. The van der Waals surface area contributed by atoms with Crippen molar-refractivity contribution < 1.29 is 14.3 Å². The molecule has 0 atom stereocenters. The average molecular weight is 439 g/mol. The van der Waals surface area contributed by atoms with E-state index >= 15 is 0 Å². The largest absolute Gasteiger partial charge is 0.493 e. The molecule has 1 saturated heterocycles. The molecule has 0 saturated carbocycles. The molecule has 0 bridgehead atoms. The molecule has 5 nitrogen and oxygen atoms in total. The van der Waals surface area contributed by atoms with E-state index in [9.17, 15) is 4.79 Å². The second-order valence-corrected chi connectivity index (χ2v) is 8.63. The van der Waals surface area contributed by atoms with Crippen LogP contribution in [-0.4, -0.2) is 36.2 Å². The molecule has 1 fully saturated rings. The molecule has 2 aromatic carbocycles. The van der Waals surface area contributed by atoms with Crippen molar-refractivity contribution in [2.24, 2.45) is 10.9 Å². The van der Waals surface area contributed by atoms with E-state index in [1.165, 1.54) is 11.8 Å². The number of rotatable bonds is 8. The van der Waals surface area contributed by atoms with Crippen LogP contribution < -0.4 is 9.47 Å². The number of para-hydroxylation sites is 2. The molecule has 6 heteroatoms. The Morgan fingerprint density at radius 1 is 1.13 bits per heavy atom. The van der Waals surface area contributed by atoms with Gasteiger partial charge in [-0.3, -0.25) is 9.69 Å². The van der Waals surface area contributed by atoms with Crippen LogP contribution in [0.3, 0.4) is 0 Å². The number of aliphatic imine (C=N–C) groups is 1. The van der Waals surface area contributed by atoms with Gasteiger partial charge in [0.05, 0.1) is 24.3 Å². The summed E-state index contributed by atoms with van der Waals surface area (Å²) in [5.74, 6) is 1.65. The predicted octanol–water partition coefficient (Wildman–Crippen LogP) is 5.92. The molecular formula is C25H30N2O3S. The lowest BCUT2D eigenvalue weighted by molar-refractivity contribution is -0.122. The molecule has 0 N–H and O–H groups in total. The first-order chi connectivity index (χ1) is 15.0. The van der Waals surface area contributed by atoms with E-state index in [1.54, 1.807) is 12.0 Å². The highest BCUT2D eigenvalue weighted by Crippen LogP contribution is 2.38. The molecule has 1 aliphatic heterocycles. The highest BCUT2D eigenvalue weighted by Gasteiger charge is 2.32. The maximum Gasteiger partial charge on any atom is 0.266 e. The van der Waals surface area contributed by atoms with E-state index in [1.807, 2.05) is 49.4 Å². The Morgan fingerprint density at radius 3 is 2.58 bits per heavy atom. The summed E-state index contributed by atoms with van der Waals surface area (Å²) >= 11 is 1.40. The third-order valence-corrected chi connectivity index (χ3v) is 5.88. The zero-order valence-electron chi connectivity index (χ0n) is 18.8. The quantitative estimate of drug-likeness (QED) is 0.480. The Hall–Kier alpha value is -2.73. The van der Waals surface area contributed by atoms with Crippen molar-refractivity contribution in [3.8, 4) is 11.5 Å². The fourth-order valence-corrected chi connectivity index (χ4v) is 4.29. The highest BCUT2D eigenvalue weighted by molar-refractivity contribution is 8.18. The molecule has 0 unspecified atom stereocenters. The maximum atomic E-state index is 13.1. The summed E-state index contributed by atoms with van der Waals surface area (Å²) in [6.45, 7) is 9.39. The number of carbonyl (C=O) groups excluding carboxylic acids is 1. The fourth-order valence-electron chi connectivity index (χ4n) is 3.25. The molecule has 164 valence electrons. The summed E-state index contributed by atoms with van der Waals surface area (Å²) in [6.07, 6.45) is 2.77. The summed E-state index contributed by atoms with van der Waals surface area (Å²) < 4.78 is 11.5. The minimum Gasteiger partial charge on any atom is -0.493 e. The van der Waals surface area contributed by atoms with Crippen molar-refractivity contribution in [2.45, 2.75) is 34.1 Å². The van der Waals surface area contributed by atoms with E-state index in [4.69, 9.17) is 14.5 Å². The summed E-state index contributed by atoms with van der Waals surface area (Å²) in [5, 5.41) is 0.701. The lowest BCUT2D eigenvalue weighted by Gasteiger charge is -2.15. The summed E-state index contributed by atoms with van der Waals surface area (Å²) in [6, 6.07) is 13.8. The van der Waals surface area contributed by atoms with Crippen LogP contribution >= 0.6 is 11.8 Å². The van der Waals surface area contributed by atoms with Crippen LogP contribution in [0.15, 0.2) is 52.4 Å². The van der Waals surface area contributed by atoms with Gasteiger partial charge in [-0.15, -0.1) is 0 Å². The van der Waals surface area contributed by atoms with Gasteiger partial charge in [-0.25, -0.2) is 4.99 Å². The minimum absolute atomic E-state index is 0.0436. The molecule has 3 rings (SSSR count). The standard InChI is InChI=1S/C25H30N2O3S/c1-6-18-11-8-9-13-20(18)26-25-27(7-2)24(28)22(31-25)15-19-12-10-14-21(29-5)23(19)30-16-17(3)4/h8-15,17H,6-7,16H2,1-5H3/b22-15+,26-25?. The van der Waals surface area contributed by atoms with Gasteiger partial charge in [-0.2, -0.15) is 0 Å². The summed E-state index contributed by atoms with van der Waals surface area (Å²) in [7, 11) is 1.62. The summed E-state index contributed by atoms with van der Waals surface area (Å²) in [5.41, 5.74) is 2.89. The maximum absolute atomic E-state index is 13.1. The van der Waals surface area contributed by atoms with Gasteiger partial charge in [0.1, 0.15) is 0 Å². The Bertz CT molecular complexity index is 998. The van der Waals surface area contributed by atoms with Gasteiger partial charge in [0.2, 0.25) is 0 Å². The van der Waals surface area contributed by atoms with E-state index in [0.29, 0.717) is 40.6 Å². The number of hydrogen-bond acceptors (Lipinski definition) is 5. The monoisotopic (exact) mass is 438 g/mol. The molecule has 1 amide bonds. The molecule has 0 aromatic heterocycles. The number of ether oxygens (including phenoxy) is 2. The normalized spacial score (nSPS) is 16.6. The molecule has 1 heterocycles. The minimum atomic E-state index is -0.0436. The van der Waals surface area contributed by atoms with Crippen LogP contribution in [0.5, 0.6) is 11.5 Å². The molecule has 0 radical (unpaired) electrons. The second-order valence-electron chi connectivity index (χ2n) is 7.62. The third kappa shape index (κ3) is 5.31. The molecule has 0 aliphatic carbocycles. The molecule has 0 spiro atoms. The third-order valence-electron chi connectivity index (χ3n) is 4.87. The SMILES string of the molecule is CCc1ccccc1N=C1S/C(=C/c2cccc(OC)c2OCC(C)C)C(=O)N1CC. The zero-order valence-corrected chi connectivity index (χ0v) is 19.7. The first-order valence-corrected chi connectivity index (χ1v) is 11.5. The second kappa shape index (κ2) is 10.5. The average Bonchev–Trinajstić information content (AvgIpc) is 3.06. The number of nitrogens with zero attached hydrogens (tertiary/aromatic N) is 2. The Balaban J connectivity index is 1.99. The van der Waals surface area contributed by atoms with Crippen LogP contribution in [-0.2, 0) is 11.2 Å². The fraction of sp³-hybridized carbons (Fsp3) is 0.360. The topological polar surface area (TPSA) is 51.1 Å². The van der Waals surface area contributed by atoms with Crippen molar-refractivity contribution in [3.05, 3.63) is 58.5 Å². The van der Waals surface area contributed by atoms with Crippen molar-refractivity contribution >= 4 is 34.6 Å². The van der Waals surface area contributed by atoms with Gasteiger partial charge >= 0.3 is 0 Å². The van der Waals surface area contributed by atoms with E-state index in [2.05, 4.69) is 26.8 Å². The van der Waals surface area contributed by atoms with E-state index < -0.39 is 0 Å². The number of thioether (sulfide) groups is 1. The molecule has 31 heavy (non-hydrogen) atoms. The smallest absolute Gasteiger partial charge is 0.266 e. The van der Waals surface area contributed by atoms with Gasteiger partial charge in [0, 0.05) is 12.1 Å². The van der Waals surface area contributed by atoms with Crippen molar-refractivity contribution in [3.63, 3.8) is 0 Å².